The van der Waals surface area contributed by atoms with E-state index in [2.05, 4.69) is 9.88 Å². The second-order valence-corrected chi connectivity index (χ2v) is 8.22. The van der Waals surface area contributed by atoms with Gasteiger partial charge in [0.2, 0.25) is 0 Å². The minimum absolute atomic E-state index is 0.139. The summed E-state index contributed by atoms with van der Waals surface area (Å²) in [5.74, 6) is 2.31. The lowest BCUT2D eigenvalue weighted by Gasteiger charge is -2.16. The van der Waals surface area contributed by atoms with Gasteiger partial charge in [0.1, 0.15) is 5.00 Å². The van der Waals surface area contributed by atoms with Gasteiger partial charge in [-0.05, 0) is 42.7 Å². The first-order valence-electron chi connectivity index (χ1n) is 7.99. The van der Waals surface area contributed by atoms with Gasteiger partial charge in [0.05, 0.1) is 5.56 Å². The Balaban J connectivity index is 1.72. The van der Waals surface area contributed by atoms with E-state index < -0.39 is 0 Å². The molecule has 2 aliphatic rings. The van der Waals surface area contributed by atoms with Crippen LogP contribution in [0.25, 0.3) is 5.00 Å². The number of carbonyl (C=O) groups is 1. The zero-order chi connectivity index (χ0) is 14.9. The van der Waals surface area contributed by atoms with Crippen molar-refractivity contribution >= 4 is 29.0 Å². The van der Waals surface area contributed by atoms with Gasteiger partial charge in [-0.25, -0.2) is 0 Å². The highest BCUT2D eigenvalue weighted by molar-refractivity contribution is 7.98. The van der Waals surface area contributed by atoms with Crippen molar-refractivity contribution in [3.05, 3.63) is 40.5 Å². The van der Waals surface area contributed by atoms with Crippen LogP contribution in [0.15, 0.2) is 24.5 Å². The summed E-state index contributed by atoms with van der Waals surface area (Å²) in [6, 6.07) is 4.41. The molecule has 0 aromatic carbocycles. The monoisotopic (exact) mass is 332 g/mol. The van der Waals surface area contributed by atoms with Gasteiger partial charge in [0.25, 0.3) is 5.91 Å². The zero-order valence-corrected chi connectivity index (χ0v) is 14.1. The van der Waals surface area contributed by atoms with Crippen LogP contribution in [0.3, 0.4) is 0 Å². The third-order valence-corrected chi connectivity index (χ3v) is 6.97. The Morgan fingerprint density at radius 1 is 1.23 bits per heavy atom. The number of amides is 1. The summed E-state index contributed by atoms with van der Waals surface area (Å²) in [6.45, 7) is 0. The van der Waals surface area contributed by atoms with Gasteiger partial charge in [0, 0.05) is 29.1 Å². The topological polar surface area (TPSA) is 34.0 Å². The summed E-state index contributed by atoms with van der Waals surface area (Å²) in [7, 11) is 0. The molecule has 1 fully saturated rings. The number of thioether (sulfide) groups is 1. The number of rotatable bonds is 3. The number of aromatic nitrogens is 1. The van der Waals surface area contributed by atoms with E-state index in [0.29, 0.717) is 6.04 Å². The van der Waals surface area contributed by atoms with Crippen LogP contribution in [-0.4, -0.2) is 22.3 Å². The molecule has 0 spiro atoms. The minimum atomic E-state index is 0.139. The Morgan fingerprint density at radius 2 is 2.00 bits per heavy atom. The van der Waals surface area contributed by atoms with Crippen LogP contribution in [0.4, 0.5) is 0 Å². The summed E-state index contributed by atoms with van der Waals surface area (Å²) >= 11 is 3.76. The molecule has 22 heavy (non-hydrogen) atoms. The summed E-state index contributed by atoms with van der Waals surface area (Å²) < 4.78 is 2.09. The van der Waals surface area contributed by atoms with Crippen LogP contribution in [0.1, 0.15) is 46.5 Å². The molecular weight excluding hydrogens is 312 g/mol. The average Bonchev–Trinajstić information content (AvgIpc) is 3.26. The fourth-order valence-electron chi connectivity index (χ4n) is 3.43. The molecule has 1 saturated carbocycles. The molecule has 0 saturated heterocycles. The van der Waals surface area contributed by atoms with E-state index in [1.165, 1.54) is 23.3 Å². The third kappa shape index (κ3) is 2.61. The Bertz CT molecular complexity index is 669. The molecule has 3 nitrogen and oxygen atoms in total. The van der Waals surface area contributed by atoms with E-state index in [0.717, 1.165) is 41.3 Å². The molecule has 2 aromatic rings. The van der Waals surface area contributed by atoms with Crippen LogP contribution in [0.2, 0.25) is 0 Å². The van der Waals surface area contributed by atoms with E-state index >= 15 is 0 Å². The van der Waals surface area contributed by atoms with Crippen LogP contribution in [-0.2, 0) is 12.2 Å². The lowest BCUT2D eigenvalue weighted by atomic mass is 10.1. The minimum Gasteiger partial charge on any atom is -0.349 e. The fourth-order valence-corrected chi connectivity index (χ4v) is 5.88. The summed E-state index contributed by atoms with van der Waals surface area (Å²) in [6.07, 6.45) is 9.85. The molecule has 0 radical (unpaired) electrons. The van der Waals surface area contributed by atoms with Crippen molar-refractivity contribution in [1.29, 1.82) is 0 Å². The van der Waals surface area contributed by atoms with Gasteiger partial charge >= 0.3 is 0 Å². The van der Waals surface area contributed by atoms with Crippen molar-refractivity contribution in [3.63, 3.8) is 0 Å². The molecule has 0 unspecified atom stereocenters. The first-order valence-corrected chi connectivity index (χ1v) is 9.96. The van der Waals surface area contributed by atoms with E-state index in [-0.39, 0.29) is 5.91 Å². The van der Waals surface area contributed by atoms with Crippen molar-refractivity contribution in [2.45, 2.75) is 43.9 Å². The Hall–Kier alpha value is -1.20. The number of hydrogen-bond donors (Lipinski definition) is 1. The van der Waals surface area contributed by atoms with Gasteiger partial charge < -0.3 is 9.88 Å². The maximum atomic E-state index is 12.9. The first-order chi connectivity index (χ1) is 10.8. The van der Waals surface area contributed by atoms with E-state index in [1.807, 2.05) is 36.3 Å². The second kappa shape index (κ2) is 6.13. The van der Waals surface area contributed by atoms with Crippen molar-refractivity contribution in [3.8, 4) is 5.00 Å². The van der Waals surface area contributed by atoms with Crippen molar-refractivity contribution in [1.82, 2.24) is 9.88 Å². The zero-order valence-electron chi connectivity index (χ0n) is 12.5. The number of thiophene rings is 1. The van der Waals surface area contributed by atoms with Gasteiger partial charge in [-0.3, -0.25) is 4.79 Å². The highest BCUT2D eigenvalue weighted by atomic mass is 32.2. The van der Waals surface area contributed by atoms with Crippen molar-refractivity contribution < 1.29 is 4.79 Å². The standard InChI is InChI=1S/C17H20N2OS2/c20-16(18-12-5-1-2-6-12)15-13-7-10-21-11-14(13)22-17(15)19-8-3-4-9-19/h3-4,8-9,12H,1-2,5-7,10-11H2,(H,18,20). The summed E-state index contributed by atoms with van der Waals surface area (Å²) in [5, 5.41) is 4.37. The number of carbonyl (C=O) groups excluding carboxylic acids is 1. The normalized spacial score (nSPS) is 18.4. The number of nitrogens with one attached hydrogen (secondary N) is 1. The molecule has 2 aromatic heterocycles. The highest BCUT2D eigenvalue weighted by Crippen LogP contribution is 2.38. The van der Waals surface area contributed by atoms with Gasteiger partial charge in [-0.15, -0.1) is 11.3 Å². The lowest BCUT2D eigenvalue weighted by molar-refractivity contribution is 0.0937. The lowest BCUT2D eigenvalue weighted by Crippen LogP contribution is -2.33. The molecule has 1 aliphatic heterocycles. The van der Waals surface area contributed by atoms with Gasteiger partial charge in [-0.1, -0.05) is 12.8 Å². The van der Waals surface area contributed by atoms with Gasteiger partial charge in [0.15, 0.2) is 0 Å². The molecule has 1 amide bonds. The number of nitrogens with zero attached hydrogens (tertiary/aromatic N) is 1. The third-order valence-electron chi connectivity index (χ3n) is 4.56. The van der Waals surface area contributed by atoms with E-state index in [4.69, 9.17) is 0 Å². The molecule has 116 valence electrons. The molecule has 1 N–H and O–H groups in total. The van der Waals surface area contributed by atoms with Gasteiger partial charge in [-0.2, -0.15) is 11.8 Å². The largest absolute Gasteiger partial charge is 0.349 e. The maximum Gasteiger partial charge on any atom is 0.254 e. The highest BCUT2D eigenvalue weighted by Gasteiger charge is 2.28. The molecule has 5 heteroatoms. The summed E-state index contributed by atoms with van der Waals surface area (Å²) in [4.78, 5) is 14.3. The van der Waals surface area contributed by atoms with Crippen molar-refractivity contribution in [2.75, 3.05) is 5.75 Å². The molecular formula is C17H20N2OS2. The predicted octanol–water partition coefficient (Wildman–Crippen LogP) is 4.00. The summed E-state index contributed by atoms with van der Waals surface area (Å²) in [5.41, 5.74) is 2.23. The van der Waals surface area contributed by atoms with Crippen LogP contribution in [0.5, 0.6) is 0 Å². The average molecular weight is 332 g/mol. The Morgan fingerprint density at radius 3 is 2.77 bits per heavy atom. The smallest absolute Gasteiger partial charge is 0.254 e. The fraction of sp³-hybridized carbons (Fsp3) is 0.471. The van der Waals surface area contributed by atoms with Crippen LogP contribution < -0.4 is 5.32 Å². The first kappa shape index (κ1) is 14.4. The second-order valence-electron chi connectivity index (χ2n) is 6.03. The quantitative estimate of drug-likeness (QED) is 0.922. The van der Waals surface area contributed by atoms with Crippen molar-refractivity contribution in [2.24, 2.45) is 0 Å². The number of fused-ring (bicyclic) bond motifs is 1. The molecule has 3 heterocycles. The Labute approximate surface area is 139 Å². The van der Waals surface area contributed by atoms with E-state index in [1.54, 1.807) is 11.3 Å². The maximum absolute atomic E-state index is 12.9. The van der Waals surface area contributed by atoms with Crippen LogP contribution >= 0.6 is 23.1 Å². The SMILES string of the molecule is O=C(NC1CCCC1)c1c(-n2cccc2)sc2c1CCSC2. The van der Waals surface area contributed by atoms with Crippen LogP contribution in [0, 0.1) is 0 Å². The molecule has 4 rings (SSSR count). The Kier molecular flexibility index (Phi) is 4.01. The molecule has 0 bridgehead atoms. The van der Waals surface area contributed by atoms with E-state index in [9.17, 15) is 4.79 Å². The molecule has 0 atom stereocenters. The number of hydrogen-bond acceptors (Lipinski definition) is 3. The predicted molar refractivity (Wildman–Crippen MR) is 93.2 cm³/mol. The molecule has 1 aliphatic carbocycles.